The van der Waals surface area contributed by atoms with Crippen LogP contribution in [0.4, 0.5) is 5.69 Å². The molecular formula is C16H13N3O4. The first-order chi connectivity index (χ1) is 11.1. The molecular weight excluding hydrogens is 298 g/mol. The first-order valence-corrected chi connectivity index (χ1v) is 6.86. The van der Waals surface area contributed by atoms with Gasteiger partial charge in [-0.05, 0) is 24.3 Å². The predicted octanol–water partition coefficient (Wildman–Crippen LogP) is 1.03. The molecule has 0 radical (unpaired) electrons. The maximum atomic E-state index is 12.3. The zero-order chi connectivity index (χ0) is 16.4. The van der Waals surface area contributed by atoms with Gasteiger partial charge in [0.05, 0.1) is 16.5 Å². The topological polar surface area (TPSA) is 104 Å². The second-order valence-electron chi connectivity index (χ2n) is 4.94. The minimum absolute atomic E-state index is 0.0831. The molecule has 0 unspecified atom stereocenters. The Kier molecular flexibility index (Phi) is 3.68. The van der Waals surface area contributed by atoms with Crippen molar-refractivity contribution in [2.45, 2.75) is 6.54 Å². The average Bonchev–Trinajstić information content (AvgIpc) is 2.54. The van der Waals surface area contributed by atoms with Crippen LogP contribution in [0.3, 0.4) is 0 Å². The molecule has 116 valence electrons. The van der Waals surface area contributed by atoms with Gasteiger partial charge in [0, 0.05) is 0 Å². The van der Waals surface area contributed by atoms with Gasteiger partial charge in [-0.25, -0.2) is 4.68 Å². The monoisotopic (exact) mass is 311 g/mol. The number of phenols is 1. The fourth-order valence-electron chi connectivity index (χ4n) is 2.27. The molecule has 0 atom stereocenters. The number of carbonyl (C=O) groups is 1. The van der Waals surface area contributed by atoms with Crippen molar-refractivity contribution >= 4 is 22.4 Å². The maximum Gasteiger partial charge on any atom is 0.273 e. The number of amides is 1. The number of aromatic nitrogens is 2. The van der Waals surface area contributed by atoms with Crippen LogP contribution in [-0.4, -0.2) is 20.8 Å². The number of nitrogens with one attached hydrogen (secondary N) is 2. The summed E-state index contributed by atoms with van der Waals surface area (Å²) in [5.74, 6) is -0.625. The molecule has 2 aromatic carbocycles. The van der Waals surface area contributed by atoms with E-state index >= 15 is 0 Å². The van der Waals surface area contributed by atoms with Gasteiger partial charge in [-0.15, -0.1) is 0 Å². The number of hydrogen-bond donors (Lipinski definition) is 3. The lowest BCUT2D eigenvalue weighted by Gasteiger charge is -2.09. The molecule has 1 amide bonds. The molecule has 23 heavy (non-hydrogen) atoms. The molecule has 0 spiro atoms. The fourth-order valence-corrected chi connectivity index (χ4v) is 2.27. The van der Waals surface area contributed by atoms with Crippen molar-refractivity contribution in [3.05, 3.63) is 69.2 Å². The van der Waals surface area contributed by atoms with Crippen LogP contribution in [0.15, 0.2) is 58.1 Å². The Morgan fingerprint density at radius 1 is 1.04 bits per heavy atom. The van der Waals surface area contributed by atoms with Crippen LogP contribution >= 0.6 is 0 Å². The van der Waals surface area contributed by atoms with Crippen molar-refractivity contribution in [2.75, 3.05) is 5.32 Å². The minimum Gasteiger partial charge on any atom is -0.506 e. The highest BCUT2D eigenvalue weighted by Crippen LogP contribution is 2.21. The molecule has 0 aliphatic rings. The van der Waals surface area contributed by atoms with E-state index in [4.69, 9.17) is 0 Å². The number of benzene rings is 2. The van der Waals surface area contributed by atoms with Gasteiger partial charge < -0.3 is 10.4 Å². The van der Waals surface area contributed by atoms with Gasteiger partial charge in [-0.1, -0.05) is 24.3 Å². The number of aromatic amines is 1. The molecule has 0 aliphatic carbocycles. The van der Waals surface area contributed by atoms with Crippen LogP contribution in [0.2, 0.25) is 0 Å². The van der Waals surface area contributed by atoms with Gasteiger partial charge in [-0.2, -0.15) is 0 Å². The summed E-state index contributed by atoms with van der Waals surface area (Å²) in [6.45, 7) is -0.368. The summed E-state index contributed by atoms with van der Waals surface area (Å²) in [5, 5.41) is 15.0. The zero-order valence-electron chi connectivity index (χ0n) is 11.9. The summed E-state index contributed by atoms with van der Waals surface area (Å²) >= 11 is 0. The maximum absolute atomic E-state index is 12.3. The minimum atomic E-state index is -0.542. The van der Waals surface area contributed by atoms with Crippen molar-refractivity contribution < 1.29 is 9.90 Å². The Morgan fingerprint density at radius 2 is 1.70 bits per heavy atom. The molecule has 7 heteroatoms. The Morgan fingerprint density at radius 3 is 2.43 bits per heavy atom. The van der Waals surface area contributed by atoms with Gasteiger partial charge in [0.15, 0.2) is 0 Å². The van der Waals surface area contributed by atoms with Gasteiger partial charge in [-0.3, -0.25) is 19.5 Å². The van der Waals surface area contributed by atoms with E-state index < -0.39 is 17.0 Å². The lowest BCUT2D eigenvalue weighted by molar-refractivity contribution is -0.117. The van der Waals surface area contributed by atoms with E-state index in [1.807, 2.05) is 0 Å². The first kappa shape index (κ1) is 14.6. The molecule has 3 aromatic rings. The third kappa shape index (κ3) is 2.84. The van der Waals surface area contributed by atoms with E-state index in [1.165, 1.54) is 18.2 Å². The number of aromatic hydroxyl groups is 1. The van der Waals surface area contributed by atoms with Crippen molar-refractivity contribution in [3.8, 4) is 5.75 Å². The largest absolute Gasteiger partial charge is 0.506 e. The molecule has 1 aromatic heterocycles. The van der Waals surface area contributed by atoms with Crippen molar-refractivity contribution in [1.82, 2.24) is 9.78 Å². The second kappa shape index (κ2) is 5.80. The Labute approximate surface area is 129 Å². The van der Waals surface area contributed by atoms with Crippen LogP contribution in [-0.2, 0) is 11.3 Å². The molecule has 0 saturated heterocycles. The molecule has 0 saturated carbocycles. The molecule has 0 aliphatic heterocycles. The summed E-state index contributed by atoms with van der Waals surface area (Å²) in [5.41, 5.74) is -0.683. The average molecular weight is 311 g/mol. The molecule has 7 nitrogen and oxygen atoms in total. The number of fused-ring (bicyclic) bond motifs is 1. The summed E-state index contributed by atoms with van der Waals surface area (Å²) in [7, 11) is 0. The SMILES string of the molecule is O=C(Cn1[nH]c(=O)c2ccccc2c1=O)Nc1ccccc1O. The van der Waals surface area contributed by atoms with Crippen LogP contribution < -0.4 is 16.4 Å². The number of rotatable bonds is 3. The highest BCUT2D eigenvalue weighted by molar-refractivity contribution is 5.92. The first-order valence-electron chi connectivity index (χ1n) is 6.86. The van der Waals surface area contributed by atoms with Crippen molar-refractivity contribution in [1.29, 1.82) is 0 Å². The Bertz CT molecular complexity index is 1000. The number of nitrogens with zero attached hydrogens (tertiary/aromatic N) is 1. The number of para-hydroxylation sites is 2. The molecule has 3 N–H and O–H groups in total. The summed E-state index contributed by atoms with van der Waals surface area (Å²) < 4.78 is 0.944. The van der Waals surface area contributed by atoms with Crippen LogP contribution in [0.25, 0.3) is 10.8 Å². The number of H-pyrrole nitrogens is 1. The van der Waals surface area contributed by atoms with Crippen LogP contribution in [0.1, 0.15) is 0 Å². The molecule has 1 heterocycles. The molecule has 0 fully saturated rings. The highest BCUT2D eigenvalue weighted by Gasteiger charge is 2.11. The Hall–Kier alpha value is -3.35. The zero-order valence-corrected chi connectivity index (χ0v) is 11.9. The van der Waals surface area contributed by atoms with E-state index in [0.717, 1.165) is 4.68 Å². The number of hydrogen-bond acceptors (Lipinski definition) is 4. The number of anilines is 1. The summed E-state index contributed by atoms with van der Waals surface area (Å²) in [6.07, 6.45) is 0. The van der Waals surface area contributed by atoms with E-state index in [2.05, 4.69) is 10.4 Å². The van der Waals surface area contributed by atoms with E-state index in [1.54, 1.807) is 30.3 Å². The smallest absolute Gasteiger partial charge is 0.273 e. The molecule has 3 rings (SSSR count). The third-order valence-electron chi connectivity index (χ3n) is 3.36. The van der Waals surface area contributed by atoms with Gasteiger partial charge in [0.2, 0.25) is 5.91 Å². The second-order valence-corrected chi connectivity index (χ2v) is 4.94. The van der Waals surface area contributed by atoms with Crippen LogP contribution in [0.5, 0.6) is 5.75 Å². The van der Waals surface area contributed by atoms with E-state index in [0.29, 0.717) is 0 Å². The standard InChI is InChI=1S/C16H13N3O4/c20-13-8-4-3-7-12(13)17-14(21)9-19-16(23)11-6-2-1-5-10(11)15(22)18-19/h1-8,20H,9H2,(H,17,21)(H,18,22). The van der Waals surface area contributed by atoms with E-state index in [-0.39, 0.29) is 28.8 Å². The van der Waals surface area contributed by atoms with Gasteiger partial charge >= 0.3 is 0 Å². The van der Waals surface area contributed by atoms with Gasteiger partial charge in [0.1, 0.15) is 12.3 Å². The van der Waals surface area contributed by atoms with Crippen molar-refractivity contribution in [2.24, 2.45) is 0 Å². The third-order valence-corrected chi connectivity index (χ3v) is 3.36. The fraction of sp³-hybridized carbons (Fsp3) is 0.0625. The van der Waals surface area contributed by atoms with Gasteiger partial charge in [0.25, 0.3) is 11.1 Å². The normalized spacial score (nSPS) is 10.6. The summed E-state index contributed by atoms with van der Waals surface area (Å²) in [6, 6.07) is 12.6. The lowest BCUT2D eigenvalue weighted by atomic mass is 10.2. The van der Waals surface area contributed by atoms with Crippen LogP contribution in [0, 0.1) is 0 Å². The number of carbonyl (C=O) groups excluding carboxylic acids is 1. The quantitative estimate of drug-likeness (QED) is 0.628. The highest BCUT2D eigenvalue weighted by atomic mass is 16.3. The predicted molar refractivity (Wildman–Crippen MR) is 85.6 cm³/mol. The number of phenolic OH excluding ortho intramolecular Hbond substituents is 1. The van der Waals surface area contributed by atoms with Crippen molar-refractivity contribution in [3.63, 3.8) is 0 Å². The summed E-state index contributed by atoms with van der Waals surface area (Å²) in [4.78, 5) is 36.3. The molecule has 0 bridgehead atoms. The Balaban J connectivity index is 1.91. The van der Waals surface area contributed by atoms with E-state index in [9.17, 15) is 19.5 Å². The lowest BCUT2D eigenvalue weighted by Crippen LogP contribution is -2.34.